The predicted octanol–water partition coefficient (Wildman–Crippen LogP) is 3.96. The molecule has 4 aromatic rings. The minimum Gasteiger partial charge on any atom is -0.360 e. The number of carbonyl (C=O) groups excluding carboxylic acids is 1. The van der Waals surface area contributed by atoms with Gasteiger partial charge >= 0.3 is 0 Å². The molecule has 0 aliphatic carbocycles. The second-order valence-corrected chi connectivity index (χ2v) is 8.05. The summed E-state index contributed by atoms with van der Waals surface area (Å²) in [5, 5.41) is 7.76. The summed E-state index contributed by atoms with van der Waals surface area (Å²) in [6, 6.07) is 22.6. The number of benzene rings is 2. The van der Waals surface area contributed by atoms with Crippen molar-refractivity contribution in [1.29, 1.82) is 0 Å². The van der Waals surface area contributed by atoms with Crippen molar-refractivity contribution in [2.75, 3.05) is 42.9 Å². The third-order valence-corrected chi connectivity index (χ3v) is 5.75. The fourth-order valence-corrected chi connectivity index (χ4v) is 4.13. The molecule has 0 unspecified atom stereocenters. The van der Waals surface area contributed by atoms with Crippen LogP contribution in [0.5, 0.6) is 0 Å². The highest BCUT2D eigenvalue weighted by molar-refractivity contribution is 5.96. The van der Waals surface area contributed by atoms with E-state index in [1.54, 1.807) is 13.0 Å². The largest absolute Gasteiger partial charge is 0.360 e. The van der Waals surface area contributed by atoms with Crippen LogP contribution in [0.3, 0.4) is 0 Å². The molecule has 1 saturated heterocycles. The smallest absolute Gasteiger partial charge is 0.239 e. The number of carbonyl (C=O) groups is 1. The first-order valence-electron chi connectivity index (χ1n) is 10.8. The quantitative estimate of drug-likeness (QED) is 0.520. The minimum atomic E-state index is -0.0815. The summed E-state index contributed by atoms with van der Waals surface area (Å²) in [6.45, 7) is 5.35. The Morgan fingerprint density at radius 3 is 2.50 bits per heavy atom. The van der Waals surface area contributed by atoms with Crippen molar-refractivity contribution in [2.24, 2.45) is 0 Å². The van der Waals surface area contributed by atoms with E-state index in [9.17, 15) is 4.79 Å². The number of hydrogen-bond acceptors (Lipinski definition) is 6. The van der Waals surface area contributed by atoms with Crippen LogP contribution in [0.1, 0.15) is 5.76 Å². The number of para-hydroxylation sites is 1. The fraction of sp³-hybridized carbons (Fsp3) is 0.240. The van der Waals surface area contributed by atoms with Crippen LogP contribution < -0.4 is 10.2 Å². The van der Waals surface area contributed by atoms with Crippen molar-refractivity contribution in [3.05, 3.63) is 72.5 Å². The second kappa shape index (κ2) is 8.80. The highest BCUT2D eigenvalue weighted by Gasteiger charge is 2.21. The molecule has 1 amide bonds. The zero-order chi connectivity index (χ0) is 21.9. The van der Waals surface area contributed by atoms with Crippen LogP contribution >= 0.6 is 0 Å². The lowest BCUT2D eigenvalue weighted by atomic mass is 10.0. The number of hydrogen-bond donors (Lipinski definition) is 1. The number of piperazine rings is 1. The highest BCUT2D eigenvalue weighted by atomic mass is 16.5. The van der Waals surface area contributed by atoms with E-state index in [-0.39, 0.29) is 5.91 Å². The molecule has 162 valence electrons. The Labute approximate surface area is 186 Å². The Hall–Kier alpha value is -3.71. The van der Waals surface area contributed by atoms with E-state index in [0.717, 1.165) is 42.9 Å². The van der Waals surface area contributed by atoms with Crippen LogP contribution in [0.2, 0.25) is 0 Å². The predicted molar refractivity (Wildman–Crippen MR) is 126 cm³/mol. The molecule has 32 heavy (non-hydrogen) atoms. The Morgan fingerprint density at radius 1 is 1.00 bits per heavy atom. The van der Waals surface area contributed by atoms with Crippen molar-refractivity contribution in [3.8, 4) is 11.1 Å². The van der Waals surface area contributed by atoms with Crippen LogP contribution in [0.25, 0.3) is 22.0 Å². The first-order valence-corrected chi connectivity index (χ1v) is 10.8. The lowest BCUT2D eigenvalue weighted by Gasteiger charge is -2.35. The standard InChI is InChI=1S/C25H25N5O2/c1-18-15-23(28-32-18)27-25(31)17-29-11-13-30(14-12-29)24-16-21(19-7-3-2-4-8-19)20-9-5-6-10-22(20)26-24/h2-10,15-16H,11-14,17H2,1H3,(H,27,28,31). The summed E-state index contributed by atoms with van der Waals surface area (Å²) in [6.07, 6.45) is 0. The number of rotatable bonds is 5. The van der Waals surface area contributed by atoms with Gasteiger partial charge < -0.3 is 14.7 Å². The monoisotopic (exact) mass is 427 g/mol. The molecule has 7 nitrogen and oxygen atoms in total. The maximum Gasteiger partial charge on any atom is 0.239 e. The van der Waals surface area contributed by atoms with Gasteiger partial charge in [0, 0.05) is 37.6 Å². The number of nitrogens with zero attached hydrogens (tertiary/aromatic N) is 4. The molecule has 0 spiro atoms. The van der Waals surface area contributed by atoms with Gasteiger partial charge in [0.15, 0.2) is 5.82 Å². The molecule has 2 aromatic carbocycles. The Morgan fingerprint density at radius 2 is 1.75 bits per heavy atom. The second-order valence-electron chi connectivity index (χ2n) is 8.05. The summed E-state index contributed by atoms with van der Waals surface area (Å²) in [4.78, 5) is 21.7. The van der Waals surface area contributed by atoms with E-state index < -0.39 is 0 Å². The van der Waals surface area contributed by atoms with Crippen molar-refractivity contribution >= 4 is 28.4 Å². The van der Waals surface area contributed by atoms with E-state index in [1.165, 1.54) is 11.1 Å². The van der Waals surface area contributed by atoms with Crippen molar-refractivity contribution in [3.63, 3.8) is 0 Å². The average molecular weight is 428 g/mol. The van der Waals surface area contributed by atoms with E-state index in [0.29, 0.717) is 18.1 Å². The van der Waals surface area contributed by atoms with Crippen LogP contribution in [0.4, 0.5) is 11.6 Å². The van der Waals surface area contributed by atoms with Gasteiger partial charge in [-0.05, 0) is 30.2 Å². The third-order valence-electron chi connectivity index (χ3n) is 5.75. The van der Waals surface area contributed by atoms with Crippen molar-refractivity contribution in [1.82, 2.24) is 15.0 Å². The molecule has 2 aromatic heterocycles. The van der Waals surface area contributed by atoms with Crippen LogP contribution in [-0.4, -0.2) is 53.7 Å². The molecule has 1 aliphatic heterocycles. The molecular weight excluding hydrogens is 402 g/mol. The molecule has 0 bridgehead atoms. The fourth-order valence-electron chi connectivity index (χ4n) is 4.13. The van der Waals surface area contributed by atoms with Gasteiger partial charge in [0.1, 0.15) is 11.6 Å². The van der Waals surface area contributed by atoms with Crippen LogP contribution in [0.15, 0.2) is 71.3 Å². The zero-order valence-corrected chi connectivity index (χ0v) is 18.0. The molecule has 5 rings (SSSR count). The summed E-state index contributed by atoms with van der Waals surface area (Å²) < 4.78 is 5.00. The topological polar surface area (TPSA) is 74.5 Å². The third kappa shape index (κ3) is 4.33. The highest BCUT2D eigenvalue weighted by Crippen LogP contribution is 2.31. The minimum absolute atomic E-state index is 0.0815. The lowest BCUT2D eigenvalue weighted by Crippen LogP contribution is -2.49. The number of nitrogens with one attached hydrogen (secondary N) is 1. The SMILES string of the molecule is Cc1cc(NC(=O)CN2CCN(c3cc(-c4ccccc4)c4ccccc4n3)CC2)no1. The molecule has 0 radical (unpaired) electrons. The number of aryl methyl sites for hydroxylation is 1. The Kier molecular flexibility index (Phi) is 5.56. The maximum absolute atomic E-state index is 12.3. The van der Waals surface area contributed by atoms with Gasteiger partial charge in [0.25, 0.3) is 0 Å². The van der Waals surface area contributed by atoms with E-state index in [4.69, 9.17) is 9.51 Å². The number of pyridine rings is 1. The van der Waals surface area contributed by atoms with Crippen molar-refractivity contribution < 1.29 is 9.32 Å². The Bertz CT molecular complexity index is 1230. The summed E-state index contributed by atoms with van der Waals surface area (Å²) in [7, 11) is 0. The summed E-state index contributed by atoms with van der Waals surface area (Å²) in [5.41, 5.74) is 3.37. The maximum atomic E-state index is 12.3. The van der Waals surface area contributed by atoms with Gasteiger partial charge in [-0.25, -0.2) is 4.98 Å². The van der Waals surface area contributed by atoms with Gasteiger partial charge in [0.05, 0.1) is 12.1 Å². The average Bonchev–Trinajstić information content (AvgIpc) is 3.23. The van der Waals surface area contributed by atoms with Gasteiger partial charge in [0.2, 0.25) is 5.91 Å². The molecule has 1 fully saturated rings. The van der Waals surface area contributed by atoms with Crippen molar-refractivity contribution in [2.45, 2.75) is 6.92 Å². The van der Waals surface area contributed by atoms with E-state index in [1.807, 2.05) is 12.1 Å². The first-order chi connectivity index (χ1) is 15.7. The molecule has 0 atom stereocenters. The Balaban J connectivity index is 1.29. The summed E-state index contributed by atoms with van der Waals surface area (Å²) in [5.74, 6) is 2.03. The summed E-state index contributed by atoms with van der Waals surface area (Å²) >= 11 is 0. The zero-order valence-electron chi connectivity index (χ0n) is 18.0. The van der Waals surface area contributed by atoms with Crippen LogP contribution in [0, 0.1) is 6.92 Å². The molecule has 1 aliphatic rings. The normalized spacial score (nSPS) is 14.6. The van der Waals surface area contributed by atoms with E-state index >= 15 is 0 Å². The molecule has 0 saturated carbocycles. The number of anilines is 2. The molecule has 7 heteroatoms. The lowest BCUT2D eigenvalue weighted by molar-refractivity contribution is -0.117. The molecular formula is C25H25N5O2. The number of amides is 1. The van der Waals surface area contributed by atoms with Gasteiger partial charge in [-0.2, -0.15) is 0 Å². The molecule has 3 heterocycles. The number of fused-ring (bicyclic) bond motifs is 1. The van der Waals surface area contributed by atoms with E-state index in [2.05, 4.69) is 68.8 Å². The van der Waals surface area contributed by atoms with Gasteiger partial charge in [-0.15, -0.1) is 0 Å². The van der Waals surface area contributed by atoms with Gasteiger partial charge in [-0.3, -0.25) is 9.69 Å². The molecule has 1 N–H and O–H groups in total. The van der Waals surface area contributed by atoms with Gasteiger partial charge in [-0.1, -0.05) is 53.7 Å². The number of aromatic nitrogens is 2. The van der Waals surface area contributed by atoms with Crippen LogP contribution in [-0.2, 0) is 4.79 Å². The first kappa shape index (κ1) is 20.2.